The molecular weight excluding hydrogens is 320 g/mol. The molecule has 6 heteroatoms. The van der Waals surface area contributed by atoms with Crippen LogP contribution in [0, 0.1) is 0 Å². The molecular formula is C19H30N2O4. The molecule has 1 amide bonds. The molecule has 2 rings (SSSR count). The van der Waals surface area contributed by atoms with Crippen molar-refractivity contribution >= 4 is 6.09 Å². The number of carbonyl (C=O) groups is 1. The molecule has 0 atom stereocenters. The topological polar surface area (TPSA) is 51.2 Å². The molecule has 0 spiro atoms. The molecule has 6 nitrogen and oxygen atoms in total. The summed E-state index contributed by atoms with van der Waals surface area (Å²) >= 11 is 0. The third-order valence-corrected chi connectivity index (χ3v) is 4.75. The van der Waals surface area contributed by atoms with Gasteiger partial charge in [0.1, 0.15) is 11.5 Å². The van der Waals surface area contributed by atoms with Gasteiger partial charge in [0.25, 0.3) is 0 Å². The Bertz CT molecular complexity index is 600. The minimum atomic E-state index is -0.276. The number of rotatable bonds is 7. The average molecular weight is 350 g/mol. The molecule has 1 aromatic rings. The Morgan fingerprint density at radius 3 is 2.44 bits per heavy atom. The number of hydrogen-bond donors (Lipinski definition) is 0. The Balaban J connectivity index is 2.39. The summed E-state index contributed by atoms with van der Waals surface area (Å²) in [5.41, 5.74) is 3.29. The predicted octanol–water partition coefficient (Wildman–Crippen LogP) is 3.06. The van der Waals surface area contributed by atoms with E-state index in [9.17, 15) is 4.79 Å². The third-order valence-electron chi connectivity index (χ3n) is 4.75. The fourth-order valence-electron chi connectivity index (χ4n) is 3.36. The first-order valence-electron chi connectivity index (χ1n) is 8.99. The van der Waals surface area contributed by atoms with Gasteiger partial charge < -0.3 is 19.1 Å². The molecule has 1 aliphatic rings. The highest BCUT2D eigenvalue weighted by Gasteiger charge is 2.28. The van der Waals surface area contributed by atoms with E-state index in [-0.39, 0.29) is 6.09 Å². The summed E-state index contributed by atoms with van der Waals surface area (Å²) in [7, 11) is 3.39. The Hall–Kier alpha value is -1.95. The minimum absolute atomic E-state index is 0.276. The van der Waals surface area contributed by atoms with Gasteiger partial charge >= 0.3 is 6.09 Å². The van der Waals surface area contributed by atoms with Crippen molar-refractivity contribution < 1.29 is 19.0 Å². The van der Waals surface area contributed by atoms with E-state index in [0.717, 1.165) is 54.2 Å². The van der Waals surface area contributed by atoms with Crippen LogP contribution in [0.15, 0.2) is 6.07 Å². The molecule has 0 radical (unpaired) electrons. The summed E-state index contributed by atoms with van der Waals surface area (Å²) in [5.74, 6) is 1.73. The zero-order chi connectivity index (χ0) is 18.4. The molecule has 0 N–H and O–H groups in total. The van der Waals surface area contributed by atoms with Crippen LogP contribution in [0.25, 0.3) is 0 Å². The number of nitrogens with zero attached hydrogens (tertiary/aromatic N) is 2. The second kappa shape index (κ2) is 8.94. The van der Waals surface area contributed by atoms with E-state index < -0.39 is 0 Å². The van der Waals surface area contributed by atoms with Gasteiger partial charge in [-0.05, 0) is 32.5 Å². The SMILES string of the molecule is CCOC(=O)N1CCc2c(c(OC)cc(CN(CC)CC)c2OC)C1. The van der Waals surface area contributed by atoms with Gasteiger partial charge in [0.15, 0.2) is 0 Å². The first-order chi connectivity index (χ1) is 12.1. The van der Waals surface area contributed by atoms with Crippen molar-refractivity contribution in [1.82, 2.24) is 9.80 Å². The zero-order valence-electron chi connectivity index (χ0n) is 16.1. The molecule has 1 heterocycles. The summed E-state index contributed by atoms with van der Waals surface area (Å²) in [6, 6.07) is 2.05. The highest BCUT2D eigenvalue weighted by atomic mass is 16.6. The summed E-state index contributed by atoms with van der Waals surface area (Å²) in [6.45, 7) is 10.4. The van der Waals surface area contributed by atoms with Crippen molar-refractivity contribution in [2.45, 2.75) is 40.3 Å². The van der Waals surface area contributed by atoms with Crippen LogP contribution in [0.1, 0.15) is 37.5 Å². The Labute approximate surface area is 150 Å². The Morgan fingerprint density at radius 1 is 1.16 bits per heavy atom. The molecule has 0 saturated carbocycles. The van der Waals surface area contributed by atoms with Gasteiger partial charge in [-0.2, -0.15) is 0 Å². The quantitative estimate of drug-likeness (QED) is 0.756. The van der Waals surface area contributed by atoms with Crippen LogP contribution in [0.2, 0.25) is 0 Å². The molecule has 1 aromatic carbocycles. The first-order valence-corrected chi connectivity index (χ1v) is 8.99. The maximum Gasteiger partial charge on any atom is 0.410 e. The van der Waals surface area contributed by atoms with Gasteiger partial charge in [0, 0.05) is 29.8 Å². The molecule has 0 saturated heterocycles. The average Bonchev–Trinajstić information content (AvgIpc) is 2.64. The van der Waals surface area contributed by atoms with Crippen LogP contribution in [0.4, 0.5) is 4.79 Å². The monoisotopic (exact) mass is 350 g/mol. The number of benzene rings is 1. The molecule has 0 unspecified atom stereocenters. The number of ether oxygens (including phenoxy) is 3. The van der Waals surface area contributed by atoms with E-state index in [1.807, 2.05) is 13.0 Å². The first kappa shape index (κ1) is 19.4. The van der Waals surface area contributed by atoms with E-state index in [4.69, 9.17) is 14.2 Å². The highest BCUT2D eigenvalue weighted by molar-refractivity contribution is 5.69. The summed E-state index contributed by atoms with van der Waals surface area (Å²) in [5, 5.41) is 0. The normalized spacial score (nSPS) is 13.6. The molecule has 1 aliphatic heterocycles. The summed E-state index contributed by atoms with van der Waals surface area (Å²) in [4.78, 5) is 16.1. The van der Waals surface area contributed by atoms with Crippen LogP contribution < -0.4 is 9.47 Å². The third kappa shape index (κ3) is 4.18. The van der Waals surface area contributed by atoms with Gasteiger partial charge in [-0.25, -0.2) is 4.79 Å². The van der Waals surface area contributed by atoms with Gasteiger partial charge in [-0.3, -0.25) is 4.90 Å². The fourth-order valence-corrected chi connectivity index (χ4v) is 3.36. The number of methoxy groups -OCH3 is 2. The number of fused-ring (bicyclic) bond motifs is 1. The second-order valence-electron chi connectivity index (χ2n) is 6.06. The van der Waals surface area contributed by atoms with Crippen molar-refractivity contribution in [3.63, 3.8) is 0 Å². The van der Waals surface area contributed by atoms with Gasteiger partial charge in [-0.15, -0.1) is 0 Å². The van der Waals surface area contributed by atoms with Crippen molar-refractivity contribution in [3.05, 3.63) is 22.8 Å². The lowest BCUT2D eigenvalue weighted by atomic mass is 9.94. The summed E-state index contributed by atoms with van der Waals surface area (Å²) < 4.78 is 16.5. The standard InChI is InChI=1S/C19H30N2O4/c1-6-20(7-2)12-14-11-17(23-4)16-13-21(19(22)25-8-3)10-9-15(16)18(14)24-5/h11H,6-10,12-13H2,1-5H3. The molecule has 0 aromatic heterocycles. The van der Waals surface area contributed by atoms with Crippen LogP contribution >= 0.6 is 0 Å². The van der Waals surface area contributed by atoms with Crippen LogP contribution in [-0.2, 0) is 24.2 Å². The zero-order valence-corrected chi connectivity index (χ0v) is 16.1. The minimum Gasteiger partial charge on any atom is -0.496 e. The maximum absolute atomic E-state index is 12.1. The van der Waals surface area contributed by atoms with E-state index >= 15 is 0 Å². The van der Waals surface area contributed by atoms with Gasteiger partial charge in [0.05, 0.1) is 27.4 Å². The maximum atomic E-state index is 12.1. The van der Waals surface area contributed by atoms with E-state index in [2.05, 4.69) is 18.7 Å². The molecule has 0 bridgehead atoms. The smallest absolute Gasteiger partial charge is 0.410 e. The lowest BCUT2D eigenvalue weighted by Gasteiger charge is -2.31. The van der Waals surface area contributed by atoms with Gasteiger partial charge in [0.2, 0.25) is 0 Å². The lowest BCUT2D eigenvalue weighted by Crippen LogP contribution is -2.37. The largest absolute Gasteiger partial charge is 0.496 e. The van der Waals surface area contributed by atoms with Crippen LogP contribution in [0.3, 0.4) is 0 Å². The van der Waals surface area contributed by atoms with Crippen molar-refractivity contribution in [2.75, 3.05) is 40.5 Å². The fraction of sp³-hybridized carbons (Fsp3) is 0.632. The molecule has 25 heavy (non-hydrogen) atoms. The second-order valence-corrected chi connectivity index (χ2v) is 6.06. The number of amides is 1. The Morgan fingerprint density at radius 2 is 1.88 bits per heavy atom. The molecule has 140 valence electrons. The van der Waals surface area contributed by atoms with E-state index in [1.165, 1.54) is 0 Å². The van der Waals surface area contributed by atoms with Crippen molar-refractivity contribution in [2.24, 2.45) is 0 Å². The highest BCUT2D eigenvalue weighted by Crippen LogP contribution is 2.38. The number of carbonyl (C=O) groups excluding carboxylic acids is 1. The number of hydrogen-bond acceptors (Lipinski definition) is 5. The molecule has 0 aliphatic carbocycles. The van der Waals surface area contributed by atoms with E-state index in [0.29, 0.717) is 19.7 Å². The lowest BCUT2D eigenvalue weighted by molar-refractivity contribution is 0.102. The van der Waals surface area contributed by atoms with Crippen molar-refractivity contribution in [3.8, 4) is 11.5 Å². The van der Waals surface area contributed by atoms with Crippen LogP contribution in [0.5, 0.6) is 11.5 Å². The van der Waals surface area contributed by atoms with Gasteiger partial charge in [-0.1, -0.05) is 13.8 Å². The summed E-state index contributed by atoms with van der Waals surface area (Å²) in [6.07, 6.45) is 0.459. The van der Waals surface area contributed by atoms with Crippen LogP contribution in [-0.4, -0.2) is 56.4 Å². The van der Waals surface area contributed by atoms with Crippen molar-refractivity contribution in [1.29, 1.82) is 0 Å². The predicted molar refractivity (Wildman–Crippen MR) is 97.3 cm³/mol. The van der Waals surface area contributed by atoms with E-state index in [1.54, 1.807) is 19.1 Å². The molecule has 0 fully saturated rings. The Kier molecular flexibility index (Phi) is 6.93.